The lowest BCUT2D eigenvalue weighted by Gasteiger charge is -2.03. The molecule has 0 saturated heterocycles. The van der Waals surface area contributed by atoms with Gasteiger partial charge in [-0.05, 0) is 26.0 Å². The number of thiazole rings is 2. The van der Waals surface area contributed by atoms with E-state index in [1.807, 2.05) is 31.4 Å². The molecule has 0 spiro atoms. The van der Waals surface area contributed by atoms with Crippen LogP contribution in [0.5, 0.6) is 0 Å². The predicted octanol–water partition coefficient (Wildman–Crippen LogP) is 3.35. The molecule has 0 aromatic carbocycles. The zero-order valence-corrected chi connectivity index (χ0v) is 14.4. The summed E-state index contributed by atoms with van der Waals surface area (Å²) in [6.07, 6.45) is 0. The smallest absolute Gasteiger partial charge is 0.300 e. The lowest BCUT2D eigenvalue weighted by Crippen LogP contribution is -2.25. The van der Waals surface area contributed by atoms with E-state index in [4.69, 9.17) is 0 Å². The third-order valence-corrected chi connectivity index (χ3v) is 5.68. The zero-order valence-electron chi connectivity index (χ0n) is 12.0. The largest absolute Gasteiger partial charge is 0.307 e. The number of nitrogens with zero attached hydrogens (tertiary/aromatic N) is 2. The SMILES string of the molecule is Cc1ccc(-c2csc(NC(=O)Cn3c(C)csc3=O)n2)s1. The number of thiophene rings is 1. The van der Waals surface area contributed by atoms with E-state index in [0.29, 0.717) is 5.13 Å². The number of carbonyl (C=O) groups is 1. The van der Waals surface area contributed by atoms with E-state index in [-0.39, 0.29) is 17.3 Å². The Morgan fingerprint density at radius 2 is 2.09 bits per heavy atom. The number of amides is 1. The summed E-state index contributed by atoms with van der Waals surface area (Å²) in [5, 5.41) is 6.96. The summed E-state index contributed by atoms with van der Waals surface area (Å²) < 4.78 is 1.46. The second-order valence-corrected chi connectivity index (χ2v) is 7.69. The van der Waals surface area contributed by atoms with Crippen molar-refractivity contribution in [2.24, 2.45) is 0 Å². The maximum Gasteiger partial charge on any atom is 0.307 e. The van der Waals surface area contributed by atoms with Crippen molar-refractivity contribution in [3.05, 3.63) is 43.1 Å². The van der Waals surface area contributed by atoms with Crippen molar-refractivity contribution in [3.8, 4) is 10.6 Å². The fourth-order valence-corrected chi connectivity index (χ4v) is 4.28. The Morgan fingerprint density at radius 1 is 1.27 bits per heavy atom. The molecule has 22 heavy (non-hydrogen) atoms. The molecule has 1 N–H and O–H groups in total. The average Bonchev–Trinajstić information content (AvgIpc) is 3.16. The highest BCUT2D eigenvalue weighted by molar-refractivity contribution is 7.17. The Hall–Kier alpha value is -1.77. The Balaban J connectivity index is 1.70. The quantitative estimate of drug-likeness (QED) is 0.784. The van der Waals surface area contributed by atoms with Crippen LogP contribution in [0, 0.1) is 13.8 Å². The van der Waals surface area contributed by atoms with E-state index >= 15 is 0 Å². The molecule has 114 valence electrons. The molecule has 0 unspecified atom stereocenters. The minimum Gasteiger partial charge on any atom is -0.300 e. The normalized spacial score (nSPS) is 10.8. The Morgan fingerprint density at radius 3 is 2.73 bits per heavy atom. The summed E-state index contributed by atoms with van der Waals surface area (Å²) in [5.74, 6) is -0.244. The van der Waals surface area contributed by atoms with E-state index < -0.39 is 0 Å². The van der Waals surface area contributed by atoms with Gasteiger partial charge in [0.2, 0.25) is 5.91 Å². The summed E-state index contributed by atoms with van der Waals surface area (Å²) in [5.41, 5.74) is 1.65. The molecule has 3 heterocycles. The number of anilines is 1. The molecule has 5 nitrogen and oxygen atoms in total. The van der Waals surface area contributed by atoms with Crippen molar-refractivity contribution in [3.63, 3.8) is 0 Å². The third-order valence-electron chi connectivity index (χ3n) is 3.02. The second kappa shape index (κ2) is 6.15. The molecular formula is C14H13N3O2S3. The number of carbonyl (C=O) groups excluding carboxylic acids is 1. The molecule has 0 aliphatic carbocycles. The van der Waals surface area contributed by atoms with E-state index in [0.717, 1.165) is 27.6 Å². The van der Waals surface area contributed by atoms with Gasteiger partial charge in [-0.25, -0.2) is 4.98 Å². The maximum absolute atomic E-state index is 12.0. The summed E-state index contributed by atoms with van der Waals surface area (Å²) in [4.78, 5) is 30.2. The molecule has 0 bridgehead atoms. The summed E-state index contributed by atoms with van der Waals surface area (Å²) in [6, 6.07) is 4.07. The van der Waals surface area contributed by atoms with Crippen molar-refractivity contribution in [2.75, 3.05) is 5.32 Å². The lowest BCUT2D eigenvalue weighted by molar-refractivity contribution is -0.116. The molecule has 3 aromatic heterocycles. The standard InChI is InChI=1S/C14H13N3O2S3/c1-8-6-21-14(19)17(8)5-12(18)16-13-15-10(7-20-13)11-4-3-9(2)22-11/h3-4,6-7H,5H2,1-2H3,(H,15,16,18). The molecule has 3 rings (SSSR count). The average molecular weight is 351 g/mol. The zero-order chi connectivity index (χ0) is 15.7. The fraction of sp³-hybridized carbons (Fsp3) is 0.214. The van der Waals surface area contributed by atoms with Gasteiger partial charge >= 0.3 is 4.87 Å². The molecule has 0 aliphatic rings. The van der Waals surface area contributed by atoms with Crippen LogP contribution in [-0.2, 0) is 11.3 Å². The first kappa shape index (κ1) is 15.1. The van der Waals surface area contributed by atoms with Crippen molar-refractivity contribution in [2.45, 2.75) is 20.4 Å². The van der Waals surface area contributed by atoms with Gasteiger partial charge in [0.1, 0.15) is 6.54 Å². The van der Waals surface area contributed by atoms with Gasteiger partial charge in [0, 0.05) is 21.3 Å². The number of hydrogen-bond donors (Lipinski definition) is 1. The molecule has 1 amide bonds. The molecule has 8 heteroatoms. The number of rotatable bonds is 4. The van der Waals surface area contributed by atoms with E-state index in [2.05, 4.69) is 10.3 Å². The molecule has 0 atom stereocenters. The lowest BCUT2D eigenvalue weighted by atomic mass is 10.4. The number of aryl methyl sites for hydroxylation is 2. The van der Waals surface area contributed by atoms with Crippen LogP contribution in [0.15, 0.2) is 27.7 Å². The molecule has 0 saturated carbocycles. The first-order chi connectivity index (χ1) is 10.5. The van der Waals surface area contributed by atoms with E-state index in [1.54, 1.807) is 16.7 Å². The van der Waals surface area contributed by atoms with Crippen molar-refractivity contribution in [1.29, 1.82) is 0 Å². The maximum atomic E-state index is 12.0. The van der Waals surface area contributed by atoms with Crippen LogP contribution >= 0.6 is 34.0 Å². The van der Waals surface area contributed by atoms with Crippen LogP contribution in [-0.4, -0.2) is 15.5 Å². The number of aromatic nitrogens is 2. The monoisotopic (exact) mass is 351 g/mol. The molecule has 0 radical (unpaired) electrons. The Labute approximate surface area is 138 Å². The summed E-state index contributed by atoms with van der Waals surface area (Å²) in [6.45, 7) is 3.87. The van der Waals surface area contributed by atoms with Gasteiger partial charge in [-0.3, -0.25) is 14.2 Å². The van der Waals surface area contributed by atoms with Gasteiger partial charge in [-0.1, -0.05) is 11.3 Å². The van der Waals surface area contributed by atoms with Crippen LogP contribution in [0.3, 0.4) is 0 Å². The Bertz CT molecular complexity index is 872. The molecule has 3 aromatic rings. The first-order valence-electron chi connectivity index (χ1n) is 6.50. The Kier molecular flexibility index (Phi) is 4.23. The fourth-order valence-electron chi connectivity index (χ4n) is 1.92. The summed E-state index contributed by atoms with van der Waals surface area (Å²) in [7, 11) is 0. The van der Waals surface area contributed by atoms with E-state index in [9.17, 15) is 9.59 Å². The molecule has 0 fully saturated rings. The first-order valence-corrected chi connectivity index (χ1v) is 9.07. The second-order valence-electron chi connectivity index (χ2n) is 4.73. The molecular weight excluding hydrogens is 338 g/mol. The highest BCUT2D eigenvalue weighted by Gasteiger charge is 2.12. The van der Waals surface area contributed by atoms with Crippen LogP contribution in [0.25, 0.3) is 10.6 Å². The molecule has 0 aliphatic heterocycles. The van der Waals surface area contributed by atoms with Gasteiger partial charge in [0.25, 0.3) is 0 Å². The highest BCUT2D eigenvalue weighted by Crippen LogP contribution is 2.30. The predicted molar refractivity (Wildman–Crippen MR) is 92.1 cm³/mol. The van der Waals surface area contributed by atoms with Crippen molar-refractivity contribution < 1.29 is 4.79 Å². The van der Waals surface area contributed by atoms with Crippen molar-refractivity contribution in [1.82, 2.24) is 9.55 Å². The van der Waals surface area contributed by atoms with Gasteiger partial charge in [-0.2, -0.15) is 0 Å². The van der Waals surface area contributed by atoms with E-state index in [1.165, 1.54) is 20.8 Å². The highest BCUT2D eigenvalue weighted by atomic mass is 32.1. The van der Waals surface area contributed by atoms with Crippen LogP contribution in [0.2, 0.25) is 0 Å². The van der Waals surface area contributed by atoms with Crippen LogP contribution in [0.4, 0.5) is 5.13 Å². The van der Waals surface area contributed by atoms with Crippen LogP contribution in [0.1, 0.15) is 10.6 Å². The van der Waals surface area contributed by atoms with Crippen molar-refractivity contribution >= 4 is 45.0 Å². The minimum atomic E-state index is -0.244. The number of nitrogens with one attached hydrogen (secondary N) is 1. The van der Waals surface area contributed by atoms with Gasteiger partial charge in [-0.15, -0.1) is 22.7 Å². The van der Waals surface area contributed by atoms with Gasteiger partial charge < -0.3 is 5.32 Å². The van der Waals surface area contributed by atoms with Gasteiger partial charge in [0.05, 0.1) is 10.6 Å². The minimum absolute atomic E-state index is 0.0151. The summed E-state index contributed by atoms with van der Waals surface area (Å²) >= 11 is 4.15. The van der Waals surface area contributed by atoms with Gasteiger partial charge in [0.15, 0.2) is 5.13 Å². The van der Waals surface area contributed by atoms with Crippen LogP contribution < -0.4 is 10.2 Å². The topological polar surface area (TPSA) is 64.0 Å². The number of hydrogen-bond acceptors (Lipinski definition) is 6. The third kappa shape index (κ3) is 3.18.